The van der Waals surface area contributed by atoms with E-state index in [1.54, 1.807) is 13.2 Å². The summed E-state index contributed by atoms with van der Waals surface area (Å²) < 4.78 is 32.3. The van der Waals surface area contributed by atoms with Crippen LogP contribution in [0.4, 0.5) is 0 Å². The molecule has 7 heteroatoms. The average molecular weight is 321 g/mol. The molecular weight excluding hydrogens is 300 g/mol. The molecule has 0 bridgehead atoms. The molecule has 1 aromatic carbocycles. The fourth-order valence-corrected chi connectivity index (χ4v) is 3.39. The minimum Gasteiger partial charge on any atom is -0.383 e. The highest BCUT2D eigenvalue weighted by Gasteiger charge is 2.20. The van der Waals surface area contributed by atoms with Crippen molar-refractivity contribution in [2.24, 2.45) is 5.73 Å². The third kappa shape index (κ3) is 4.71. The van der Waals surface area contributed by atoms with Crippen LogP contribution >= 0.6 is 11.6 Å². The Bertz CT molecular complexity index is 528. The number of methoxy groups -OCH3 is 1. The zero-order valence-electron chi connectivity index (χ0n) is 11.7. The van der Waals surface area contributed by atoms with Crippen LogP contribution in [0.2, 0.25) is 5.02 Å². The van der Waals surface area contributed by atoms with Gasteiger partial charge in [0, 0.05) is 24.7 Å². The molecule has 0 radical (unpaired) electrons. The van der Waals surface area contributed by atoms with Gasteiger partial charge in [0.25, 0.3) is 0 Å². The van der Waals surface area contributed by atoms with E-state index in [0.717, 1.165) is 6.42 Å². The molecule has 0 aliphatic heterocycles. The SMILES string of the molecule is CCCC(COC)NS(=O)(=O)c1ccc(Cl)c(CN)c1. The summed E-state index contributed by atoms with van der Waals surface area (Å²) in [4.78, 5) is 0.166. The van der Waals surface area contributed by atoms with Crippen molar-refractivity contribution < 1.29 is 13.2 Å². The molecule has 1 aromatic rings. The predicted molar refractivity (Wildman–Crippen MR) is 80.2 cm³/mol. The van der Waals surface area contributed by atoms with Crippen molar-refractivity contribution in [1.29, 1.82) is 0 Å². The number of halogens is 1. The summed E-state index contributed by atoms with van der Waals surface area (Å²) in [6.45, 7) is 2.52. The van der Waals surface area contributed by atoms with Crippen molar-refractivity contribution in [2.75, 3.05) is 13.7 Å². The minimum atomic E-state index is -3.60. The van der Waals surface area contributed by atoms with E-state index in [1.165, 1.54) is 12.1 Å². The first-order chi connectivity index (χ1) is 9.44. The van der Waals surface area contributed by atoms with E-state index in [2.05, 4.69) is 4.72 Å². The number of rotatable bonds is 8. The van der Waals surface area contributed by atoms with Gasteiger partial charge in [-0.2, -0.15) is 0 Å². The van der Waals surface area contributed by atoms with Crippen LogP contribution in [0, 0.1) is 0 Å². The summed E-state index contributed by atoms with van der Waals surface area (Å²) in [6.07, 6.45) is 1.58. The van der Waals surface area contributed by atoms with Crippen LogP contribution in [0.25, 0.3) is 0 Å². The van der Waals surface area contributed by atoms with E-state index in [0.29, 0.717) is 23.6 Å². The maximum Gasteiger partial charge on any atom is 0.240 e. The van der Waals surface area contributed by atoms with Crippen LogP contribution in [-0.2, 0) is 21.3 Å². The fourth-order valence-electron chi connectivity index (χ4n) is 1.89. The molecule has 0 aliphatic rings. The fraction of sp³-hybridized carbons (Fsp3) is 0.538. The smallest absolute Gasteiger partial charge is 0.240 e. The molecule has 114 valence electrons. The topological polar surface area (TPSA) is 81.4 Å². The van der Waals surface area contributed by atoms with Crippen molar-refractivity contribution in [1.82, 2.24) is 4.72 Å². The number of hydrogen-bond donors (Lipinski definition) is 2. The van der Waals surface area contributed by atoms with Gasteiger partial charge in [0.2, 0.25) is 10.0 Å². The van der Waals surface area contributed by atoms with Crippen LogP contribution in [0.1, 0.15) is 25.3 Å². The first kappa shape index (κ1) is 17.4. The largest absolute Gasteiger partial charge is 0.383 e. The van der Waals surface area contributed by atoms with Crippen LogP contribution < -0.4 is 10.5 Å². The molecule has 1 atom stereocenters. The lowest BCUT2D eigenvalue weighted by Gasteiger charge is -2.17. The van der Waals surface area contributed by atoms with Gasteiger partial charge in [-0.1, -0.05) is 24.9 Å². The molecule has 0 saturated carbocycles. The number of hydrogen-bond acceptors (Lipinski definition) is 4. The van der Waals surface area contributed by atoms with E-state index < -0.39 is 10.0 Å². The minimum absolute atomic E-state index is 0.166. The second-order valence-electron chi connectivity index (χ2n) is 4.52. The standard InChI is InChI=1S/C13H21ClN2O3S/c1-3-4-11(9-19-2)16-20(17,18)12-5-6-13(14)10(7-12)8-15/h5-7,11,16H,3-4,8-9,15H2,1-2H3. The number of nitrogens with two attached hydrogens (primary N) is 1. The Morgan fingerprint density at radius 3 is 2.70 bits per heavy atom. The van der Waals surface area contributed by atoms with E-state index in [4.69, 9.17) is 22.1 Å². The van der Waals surface area contributed by atoms with Gasteiger partial charge in [0.15, 0.2) is 0 Å². The Labute approximate surface area is 125 Å². The molecule has 0 heterocycles. The van der Waals surface area contributed by atoms with Crippen LogP contribution in [0.3, 0.4) is 0 Å². The second kappa shape index (κ2) is 7.95. The summed E-state index contributed by atoms with van der Waals surface area (Å²) in [5.74, 6) is 0. The number of benzene rings is 1. The Balaban J connectivity index is 2.97. The molecule has 0 amide bonds. The molecule has 0 aromatic heterocycles. The Morgan fingerprint density at radius 2 is 2.15 bits per heavy atom. The molecule has 1 unspecified atom stereocenters. The lowest BCUT2D eigenvalue weighted by molar-refractivity contribution is 0.171. The quantitative estimate of drug-likeness (QED) is 0.766. The van der Waals surface area contributed by atoms with Gasteiger partial charge >= 0.3 is 0 Å². The molecule has 0 aliphatic carbocycles. The summed E-state index contributed by atoms with van der Waals surface area (Å²) in [5, 5.41) is 0.466. The zero-order valence-corrected chi connectivity index (χ0v) is 13.3. The van der Waals surface area contributed by atoms with Gasteiger partial charge in [-0.3, -0.25) is 0 Å². The molecule has 20 heavy (non-hydrogen) atoms. The third-order valence-electron chi connectivity index (χ3n) is 2.87. The van der Waals surface area contributed by atoms with E-state index in [1.807, 2.05) is 6.92 Å². The molecule has 0 saturated heterocycles. The maximum absolute atomic E-state index is 12.3. The molecule has 5 nitrogen and oxygen atoms in total. The van der Waals surface area contributed by atoms with Crippen molar-refractivity contribution >= 4 is 21.6 Å². The van der Waals surface area contributed by atoms with Crippen molar-refractivity contribution in [3.8, 4) is 0 Å². The molecule has 1 rings (SSSR count). The van der Waals surface area contributed by atoms with E-state index >= 15 is 0 Å². The number of sulfonamides is 1. The van der Waals surface area contributed by atoms with Gasteiger partial charge in [-0.25, -0.2) is 13.1 Å². The monoisotopic (exact) mass is 320 g/mol. The van der Waals surface area contributed by atoms with Gasteiger partial charge < -0.3 is 10.5 Å². The van der Waals surface area contributed by atoms with Crippen LogP contribution in [0.15, 0.2) is 23.1 Å². The summed E-state index contributed by atoms with van der Waals surface area (Å²) in [6, 6.07) is 4.27. The molecule has 3 N–H and O–H groups in total. The molecular formula is C13H21ClN2O3S. The average Bonchev–Trinajstić information content (AvgIpc) is 2.39. The Morgan fingerprint density at radius 1 is 1.45 bits per heavy atom. The second-order valence-corrected chi connectivity index (χ2v) is 6.64. The van der Waals surface area contributed by atoms with E-state index in [9.17, 15) is 8.42 Å². The van der Waals surface area contributed by atoms with Crippen molar-refractivity contribution in [3.05, 3.63) is 28.8 Å². The van der Waals surface area contributed by atoms with E-state index in [-0.39, 0.29) is 17.5 Å². The van der Waals surface area contributed by atoms with Gasteiger partial charge in [0.1, 0.15) is 0 Å². The first-order valence-electron chi connectivity index (χ1n) is 6.44. The summed E-state index contributed by atoms with van der Waals surface area (Å²) >= 11 is 5.94. The zero-order chi connectivity index (χ0) is 15.2. The summed E-state index contributed by atoms with van der Waals surface area (Å²) in [5.41, 5.74) is 6.14. The maximum atomic E-state index is 12.3. The normalized spacial score (nSPS) is 13.4. The van der Waals surface area contributed by atoms with Crippen molar-refractivity contribution in [2.45, 2.75) is 37.2 Å². The molecule has 0 fully saturated rings. The first-order valence-corrected chi connectivity index (χ1v) is 8.30. The highest BCUT2D eigenvalue weighted by atomic mass is 35.5. The van der Waals surface area contributed by atoms with Crippen LogP contribution in [-0.4, -0.2) is 28.2 Å². The number of ether oxygens (including phenoxy) is 1. The lowest BCUT2D eigenvalue weighted by Crippen LogP contribution is -2.37. The van der Waals surface area contributed by atoms with Gasteiger partial charge in [-0.15, -0.1) is 0 Å². The highest BCUT2D eigenvalue weighted by molar-refractivity contribution is 7.89. The predicted octanol–water partition coefficient (Wildman–Crippen LogP) is 1.89. The Hall–Kier alpha value is -0.660. The van der Waals surface area contributed by atoms with Gasteiger partial charge in [-0.05, 0) is 30.2 Å². The summed E-state index contributed by atoms with van der Waals surface area (Å²) in [7, 11) is -2.05. The number of nitrogens with one attached hydrogen (secondary N) is 1. The van der Waals surface area contributed by atoms with Crippen molar-refractivity contribution in [3.63, 3.8) is 0 Å². The lowest BCUT2D eigenvalue weighted by atomic mass is 10.2. The van der Waals surface area contributed by atoms with Gasteiger partial charge in [0.05, 0.1) is 11.5 Å². The highest BCUT2D eigenvalue weighted by Crippen LogP contribution is 2.20. The Kier molecular flexibility index (Phi) is 6.91. The molecule has 0 spiro atoms. The van der Waals surface area contributed by atoms with Crippen LogP contribution in [0.5, 0.6) is 0 Å². The third-order valence-corrected chi connectivity index (χ3v) is 4.76.